The largest absolute Gasteiger partial charge is 0.292 e. The van der Waals surface area contributed by atoms with Crippen LogP contribution in [-0.2, 0) is 9.59 Å². The Kier molecular flexibility index (Phi) is 1.58. The molecule has 10 heavy (non-hydrogen) atoms. The van der Waals surface area contributed by atoms with E-state index in [0.29, 0.717) is 4.90 Å². The van der Waals surface area contributed by atoms with Gasteiger partial charge in [0.1, 0.15) is 0 Å². The molecule has 0 aromatic carbocycles. The van der Waals surface area contributed by atoms with Crippen molar-refractivity contribution in [2.24, 2.45) is 0 Å². The van der Waals surface area contributed by atoms with Gasteiger partial charge in [-0.05, 0) is 0 Å². The Hall–Kier alpha value is -1.10. The smallest absolute Gasteiger partial charge is 0.269 e. The Morgan fingerprint density at radius 1 is 1.30 bits per heavy atom. The van der Waals surface area contributed by atoms with E-state index < -0.39 is 17.1 Å². The van der Waals surface area contributed by atoms with Gasteiger partial charge in [-0.1, -0.05) is 12.6 Å². The molecule has 0 N–H and O–H groups in total. The van der Waals surface area contributed by atoms with Gasteiger partial charge in [-0.15, -0.1) is 0 Å². The van der Waals surface area contributed by atoms with Crippen LogP contribution < -0.4 is 0 Å². The zero-order valence-electron chi connectivity index (χ0n) is 4.77. The summed E-state index contributed by atoms with van der Waals surface area (Å²) in [7, 11) is 0. The van der Waals surface area contributed by atoms with Crippen molar-refractivity contribution in [3.63, 3.8) is 0 Å². The van der Waals surface area contributed by atoms with Crippen molar-refractivity contribution in [3.8, 4) is 0 Å². The second-order valence-electron chi connectivity index (χ2n) is 1.63. The summed E-state index contributed by atoms with van der Waals surface area (Å²) >= 11 is 3.32. The molecule has 0 unspecified atom stereocenters. The summed E-state index contributed by atoms with van der Waals surface area (Å²) in [5, 5.41) is -0.847. The van der Waals surface area contributed by atoms with E-state index in [-0.39, 0.29) is 0 Å². The molecular formula is C5H3NO3S. The first-order chi connectivity index (χ1) is 4.63. The summed E-state index contributed by atoms with van der Waals surface area (Å²) in [6.45, 7) is 0. The van der Waals surface area contributed by atoms with Crippen molar-refractivity contribution in [3.05, 3.63) is 12.2 Å². The van der Waals surface area contributed by atoms with E-state index in [0.717, 1.165) is 12.2 Å². The van der Waals surface area contributed by atoms with Crippen LogP contribution in [0.15, 0.2) is 12.2 Å². The fraction of sp³-hybridized carbons (Fsp3) is 0. The number of thiol groups is 1. The van der Waals surface area contributed by atoms with Crippen LogP contribution in [0.4, 0.5) is 4.79 Å². The van der Waals surface area contributed by atoms with Gasteiger partial charge in [-0.3, -0.25) is 14.4 Å². The first kappa shape index (κ1) is 7.01. The van der Waals surface area contributed by atoms with Gasteiger partial charge in [-0.2, -0.15) is 0 Å². The molecule has 0 bridgehead atoms. The zero-order valence-corrected chi connectivity index (χ0v) is 5.67. The first-order valence-corrected chi connectivity index (χ1v) is 2.86. The SMILES string of the molecule is O=C(S)N1C(=O)C=CC1=O. The van der Waals surface area contributed by atoms with Gasteiger partial charge in [0.15, 0.2) is 0 Å². The summed E-state index contributed by atoms with van der Waals surface area (Å²) in [5.41, 5.74) is 0. The predicted molar refractivity (Wildman–Crippen MR) is 35.4 cm³/mol. The predicted octanol–water partition coefficient (Wildman–Crippen LogP) is -0.0388. The maximum Gasteiger partial charge on any atom is 0.292 e. The average molecular weight is 157 g/mol. The molecule has 0 aliphatic carbocycles. The molecule has 0 atom stereocenters. The van der Waals surface area contributed by atoms with Crippen molar-refractivity contribution in [1.29, 1.82) is 0 Å². The third-order valence-corrected chi connectivity index (χ3v) is 1.20. The van der Waals surface area contributed by atoms with Crippen molar-refractivity contribution in [1.82, 2.24) is 4.90 Å². The Bertz CT molecular complexity index is 227. The lowest BCUT2D eigenvalue weighted by Crippen LogP contribution is -2.31. The monoisotopic (exact) mass is 157 g/mol. The van der Waals surface area contributed by atoms with E-state index in [1.165, 1.54) is 0 Å². The van der Waals surface area contributed by atoms with E-state index in [1.54, 1.807) is 0 Å². The number of amides is 3. The summed E-state index contributed by atoms with van der Waals surface area (Å²) < 4.78 is 0. The molecule has 1 rings (SSSR count). The summed E-state index contributed by atoms with van der Waals surface area (Å²) in [6, 6.07) is 0. The number of imide groups is 3. The quantitative estimate of drug-likeness (QED) is 0.396. The topological polar surface area (TPSA) is 54.5 Å². The van der Waals surface area contributed by atoms with Crippen LogP contribution in [0.3, 0.4) is 0 Å². The Morgan fingerprint density at radius 2 is 1.70 bits per heavy atom. The van der Waals surface area contributed by atoms with Gasteiger partial charge in [-0.25, -0.2) is 4.90 Å². The van der Waals surface area contributed by atoms with E-state index in [9.17, 15) is 14.4 Å². The minimum absolute atomic E-state index is 0.448. The molecule has 0 saturated heterocycles. The van der Waals surface area contributed by atoms with Crippen LogP contribution in [0.25, 0.3) is 0 Å². The highest BCUT2D eigenvalue weighted by molar-refractivity contribution is 7.96. The van der Waals surface area contributed by atoms with Crippen LogP contribution in [0, 0.1) is 0 Å². The Balaban J connectivity index is 2.90. The minimum atomic E-state index is -0.847. The van der Waals surface area contributed by atoms with Crippen molar-refractivity contribution in [2.75, 3.05) is 0 Å². The molecule has 0 spiro atoms. The number of carbonyl (C=O) groups excluding carboxylic acids is 3. The highest BCUT2D eigenvalue weighted by atomic mass is 32.1. The molecule has 5 heteroatoms. The van der Waals surface area contributed by atoms with E-state index in [1.807, 2.05) is 0 Å². The average Bonchev–Trinajstić information content (AvgIpc) is 2.11. The second-order valence-corrected chi connectivity index (χ2v) is 2.01. The van der Waals surface area contributed by atoms with Crippen LogP contribution in [-0.4, -0.2) is 22.0 Å². The molecule has 0 aromatic rings. The third kappa shape index (κ3) is 0.950. The van der Waals surface area contributed by atoms with Gasteiger partial charge >= 0.3 is 0 Å². The van der Waals surface area contributed by atoms with E-state index in [2.05, 4.69) is 12.6 Å². The zero-order chi connectivity index (χ0) is 7.72. The highest BCUT2D eigenvalue weighted by Gasteiger charge is 2.27. The van der Waals surface area contributed by atoms with Crippen LogP contribution in [0.1, 0.15) is 0 Å². The Morgan fingerprint density at radius 3 is 1.90 bits per heavy atom. The number of carbonyl (C=O) groups is 3. The number of rotatable bonds is 0. The summed E-state index contributed by atoms with van der Waals surface area (Å²) in [4.78, 5) is 32.0. The molecule has 0 saturated carbocycles. The molecule has 1 aliphatic rings. The molecular weight excluding hydrogens is 154 g/mol. The van der Waals surface area contributed by atoms with Gasteiger partial charge < -0.3 is 0 Å². The van der Waals surface area contributed by atoms with E-state index >= 15 is 0 Å². The first-order valence-electron chi connectivity index (χ1n) is 2.42. The third-order valence-electron chi connectivity index (χ3n) is 1.00. The molecule has 0 radical (unpaired) electrons. The lowest BCUT2D eigenvalue weighted by atomic mass is 10.6. The lowest BCUT2D eigenvalue weighted by Gasteiger charge is -2.05. The maximum atomic E-state index is 10.6. The minimum Gasteiger partial charge on any atom is -0.269 e. The summed E-state index contributed by atoms with van der Waals surface area (Å²) in [5.74, 6) is -1.27. The lowest BCUT2D eigenvalue weighted by molar-refractivity contribution is -0.132. The molecule has 3 amide bonds. The molecule has 0 fully saturated rings. The normalized spacial score (nSPS) is 16.7. The van der Waals surface area contributed by atoms with Crippen LogP contribution in [0.5, 0.6) is 0 Å². The highest BCUT2D eigenvalue weighted by Crippen LogP contribution is 2.05. The number of hydrogen-bond donors (Lipinski definition) is 1. The standard InChI is InChI=1S/C5H3NO3S/c7-3-1-2-4(8)6(3)5(9)10/h1-2H,(H,9,10). The molecule has 1 heterocycles. The van der Waals surface area contributed by atoms with Gasteiger partial charge in [0.2, 0.25) is 0 Å². The van der Waals surface area contributed by atoms with E-state index in [4.69, 9.17) is 0 Å². The van der Waals surface area contributed by atoms with Gasteiger partial charge in [0.25, 0.3) is 17.1 Å². The fourth-order valence-electron chi connectivity index (χ4n) is 0.589. The van der Waals surface area contributed by atoms with Crippen LogP contribution >= 0.6 is 12.6 Å². The summed E-state index contributed by atoms with van der Waals surface area (Å²) in [6.07, 6.45) is 2.05. The van der Waals surface area contributed by atoms with Crippen molar-refractivity contribution < 1.29 is 14.4 Å². The molecule has 52 valence electrons. The molecule has 1 aliphatic heterocycles. The van der Waals surface area contributed by atoms with Gasteiger partial charge in [0, 0.05) is 12.2 Å². The fourth-order valence-corrected chi connectivity index (χ4v) is 0.786. The number of nitrogens with zero attached hydrogens (tertiary/aromatic N) is 1. The second kappa shape index (κ2) is 2.26. The van der Waals surface area contributed by atoms with Crippen LogP contribution in [0.2, 0.25) is 0 Å². The van der Waals surface area contributed by atoms with Crippen molar-refractivity contribution in [2.45, 2.75) is 0 Å². The molecule has 0 aromatic heterocycles. The van der Waals surface area contributed by atoms with Crippen molar-refractivity contribution >= 4 is 29.7 Å². The maximum absolute atomic E-state index is 10.6. The Labute approximate surface area is 61.9 Å². The molecule has 4 nitrogen and oxygen atoms in total. The van der Waals surface area contributed by atoms with Gasteiger partial charge in [0.05, 0.1) is 0 Å². The number of hydrogen-bond acceptors (Lipinski definition) is 3.